The van der Waals surface area contributed by atoms with E-state index in [0.717, 1.165) is 18.4 Å². The highest BCUT2D eigenvalue weighted by atomic mass is 127. The fourth-order valence-electron chi connectivity index (χ4n) is 2.40. The van der Waals surface area contributed by atoms with Gasteiger partial charge in [0.25, 0.3) is 0 Å². The summed E-state index contributed by atoms with van der Waals surface area (Å²) in [5, 5.41) is 0.161. The molecule has 0 bridgehead atoms. The summed E-state index contributed by atoms with van der Waals surface area (Å²) in [5.41, 5.74) is 4.98. The van der Waals surface area contributed by atoms with Crippen LogP contribution in [0, 0.1) is 9.39 Å². The molecule has 0 atom stereocenters. The third-order valence-corrected chi connectivity index (χ3v) is 4.81. The van der Waals surface area contributed by atoms with E-state index in [9.17, 15) is 22.4 Å². The van der Waals surface area contributed by atoms with Gasteiger partial charge in [-0.15, -0.1) is 0 Å². The molecular formula is C16H11FIN3O6S. The average molecular weight is 519 g/mol. The maximum Gasteiger partial charge on any atom is 0.412 e. The number of furan rings is 1. The van der Waals surface area contributed by atoms with Crippen LogP contribution in [-0.4, -0.2) is 31.7 Å². The van der Waals surface area contributed by atoms with Crippen LogP contribution < -0.4 is 10.5 Å². The van der Waals surface area contributed by atoms with E-state index < -0.39 is 27.9 Å². The van der Waals surface area contributed by atoms with Crippen LogP contribution in [0.2, 0.25) is 0 Å². The Kier molecular flexibility index (Phi) is 5.25. The molecule has 0 radical (unpaired) electrons. The highest BCUT2D eigenvalue weighted by molar-refractivity contribution is 14.1. The summed E-state index contributed by atoms with van der Waals surface area (Å²) in [6.45, 7) is 0. The molecule has 1 aromatic carbocycles. The Bertz CT molecular complexity index is 1210. The molecule has 0 aliphatic heterocycles. The number of nitrogens with one attached hydrogen (secondary N) is 1. The van der Waals surface area contributed by atoms with Gasteiger partial charge in [0.15, 0.2) is 11.6 Å². The lowest BCUT2D eigenvalue weighted by Gasteiger charge is -2.05. The zero-order chi connectivity index (χ0) is 20.6. The van der Waals surface area contributed by atoms with Gasteiger partial charge in [0.1, 0.15) is 11.4 Å². The molecule has 0 saturated heterocycles. The number of halogens is 2. The van der Waals surface area contributed by atoms with Crippen molar-refractivity contribution in [1.82, 2.24) is 4.98 Å². The standard InChI is InChI=1S/C16H11FIN3O6S/c1-28(24,25)21-13-10(18)6-9-11(15(22)27-16(19)23)12(26-14(9)20-13)7-2-4-8(17)5-3-7/h2-6H,1H3,(H2,19,23)(H,20,21). The number of nitrogens with two attached hydrogens (primary N) is 1. The van der Waals surface area contributed by atoms with Crippen LogP contribution in [0.1, 0.15) is 10.4 Å². The van der Waals surface area contributed by atoms with Gasteiger partial charge >= 0.3 is 12.1 Å². The van der Waals surface area contributed by atoms with Crippen molar-refractivity contribution >= 4 is 61.6 Å². The Balaban J connectivity index is 2.26. The normalized spacial score (nSPS) is 11.4. The van der Waals surface area contributed by atoms with E-state index >= 15 is 0 Å². The van der Waals surface area contributed by atoms with Crippen LogP contribution in [0.5, 0.6) is 0 Å². The van der Waals surface area contributed by atoms with Gasteiger partial charge in [0, 0.05) is 5.56 Å². The Morgan fingerprint density at radius 2 is 1.93 bits per heavy atom. The molecule has 3 N–H and O–H groups in total. The Morgan fingerprint density at radius 1 is 1.29 bits per heavy atom. The number of carbonyl (C=O) groups is 2. The van der Waals surface area contributed by atoms with E-state index in [1.54, 1.807) is 0 Å². The summed E-state index contributed by atoms with van der Waals surface area (Å²) in [7, 11) is -3.61. The lowest BCUT2D eigenvalue weighted by Crippen LogP contribution is -2.18. The van der Waals surface area contributed by atoms with E-state index in [1.165, 1.54) is 18.2 Å². The van der Waals surface area contributed by atoms with Crippen molar-refractivity contribution in [3.05, 3.63) is 45.3 Å². The zero-order valence-electron chi connectivity index (χ0n) is 14.0. The lowest BCUT2D eigenvalue weighted by molar-refractivity contribution is 0.0640. The molecule has 12 heteroatoms. The van der Waals surface area contributed by atoms with Crippen molar-refractivity contribution in [3.8, 4) is 11.3 Å². The molecule has 0 unspecified atom stereocenters. The first-order valence-electron chi connectivity index (χ1n) is 7.43. The molecule has 2 heterocycles. The maximum atomic E-state index is 13.2. The molecule has 0 fully saturated rings. The maximum absolute atomic E-state index is 13.2. The molecule has 146 valence electrons. The van der Waals surface area contributed by atoms with Gasteiger partial charge in [-0.2, -0.15) is 4.98 Å². The molecule has 0 saturated carbocycles. The number of fused-ring (bicyclic) bond motifs is 1. The van der Waals surface area contributed by atoms with Crippen LogP contribution >= 0.6 is 22.6 Å². The average Bonchev–Trinajstić information content (AvgIpc) is 2.92. The highest BCUT2D eigenvalue weighted by Gasteiger charge is 2.27. The topological polar surface area (TPSA) is 142 Å². The largest absolute Gasteiger partial charge is 0.437 e. The molecule has 28 heavy (non-hydrogen) atoms. The Labute approximate surface area is 171 Å². The second kappa shape index (κ2) is 7.35. The van der Waals surface area contributed by atoms with Gasteiger partial charge in [0.2, 0.25) is 15.7 Å². The zero-order valence-corrected chi connectivity index (χ0v) is 17.0. The number of primary amides is 1. The number of pyridine rings is 1. The van der Waals surface area contributed by atoms with Crippen molar-refractivity contribution in [2.45, 2.75) is 0 Å². The Hall–Kier alpha value is -2.74. The molecular weight excluding hydrogens is 508 g/mol. The minimum atomic E-state index is -3.61. The predicted molar refractivity (Wildman–Crippen MR) is 106 cm³/mol. The SMILES string of the molecule is CS(=O)(=O)Nc1nc2oc(-c3ccc(F)cc3)c(C(=O)OC(N)=O)c2cc1I. The number of aromatic nitrogens is 1. The van der Waals surface area contributed by atoms with Crippen molar-refractivity contribution in [2.75, 3.05) is 11.0 Å². The molecule has 2 aromatic heterocycles. The van der Waals surface area contributed by atoms with E-state index in [1.807, 2.05) is 22.6 Å². The first-order chi connectivity index (χ1) is 13.0. The van der Waals surface area contributed by atoms with Gasteiger partial charge in [0.05, 0.1) is 15.2 Å². The summed E-state index contributed by atoms with van der Waals surface area (Å²) in [6.07, 6.45) is -0.362. The number of carbonyl (C=O) groups excluding carboxylic acids is 2. The van der Waals surface area contributed by atoms with Gasteiger partial charge in [-0.05, 0) is 52.9 Å². The van der Waals surface area contributed by atoms with E-state index in [2.05, 4.69) is 14.4 Å². The molecule has 3 aromatic rings. The van der Waals surface area contributed by atoms with Crippen LogP contribution in [0.15, 0.2) is 34.7 Å². The number of sulfonamides is 1. The van der Waals surface area contributed by atoms with Gasteiger partial charge in [-0.3, -0.25) is 4.72 Å². The summed E-state index contributed by atoms with van der Waals surface area (Å²) >= 11 is 1.82. The number of hydrogen-bond acceptors (Lipinski definition) is 7. The van der Waals surface area contributed by atoms with Gasteiger partial charge in [-0.25, -0.2) is 22.4 Å². The number of ether oxygens (including phenoxy) is 1. The molecule has 0 spiro atoms. The van der Waals surface area contributed by atoms with Crippen LogP contribution in [0.4, 0.5) is 15.0 Å². The van der Waals surface area contributed by atoms with Crippen molar-refractivity contribution in [1.29, 1.82) is 0 Å². The first-order valence-corrected chi connectivity index (χ1v) is 10.4. The number of anilines is 1. The smallest absolute Gasteiger partial charge is 0.412 e. The highest BCUT2D eigenvalue weighted by Crippen LogP contribution is 2.36. The third kappa shape index (κ3) is 4.22. The lowest BCUT2D eigenvalue weighted by atomic mass is 10.1. The summed E-state index contributed by atoms with van der Waals surface area (Å²) in [6, 6.07) is 6.45. The van der Waals surface area contributed by atoms with E-state index in [-0.39, 0.29) is 28.2 Å². The number of esters is 1. The van der Waals surface area contributed by atoms with Crippen molar-refractivity contribution in [2.24, 2.45) is 5.73 Å². The number of hydrogen-bond donors (Lipinski definition) is 2. The second-order valence-electron chi connectivity index (χ2n) is 5.57. The monoisotopic (exact) mass is 519 g/mol. The van der Waals surface area contributed by atoms with Gasteiger partial charge in [-0.1, -0.05) is 0 Å². The number of rotatable bonds is 4. The first kappa shape index (κ1) is 20.0. The molecule has 9 nitrogen and oxygen atoms in total. The fourth-order valence-corrected chi connectivity index (χ4v) is 3.65. The van der Waals surface area contributed by atoms with E-state index in [0.29, 0.717) is 9.13 Å². The van der Waals surface area contributed by atoms with E-state index in [4.69, 9.17) is 10.2 Å². The quantitative estimate of drug-likeness (QED) is 0.307. The van der Waals surface area contributed by atoms with Crippen LogP contribution in [-0.2, 0) is 14.8 Å². The summed E-state index contributed by atoms with van der Waals surface area (Å²) < 4.78 is 48.9. The minimum Gasteiger partial charge on any atom is -0.437 e. The fraction of sp³-hybridized carbons (Fsp3) is 0.0625. The predicted octanol–water partition coefficient (Wildman–Crippen LogP) is 2.85. The molecule has 1 amide bonds. The molecule has 3 rings (SSSR count). The minimum absolute atomic E-state index is 0.00942. The second-order valence-corrected chi connectivity index (χ2v) is 8.48. The van der Waals surface area contributed by atoms with Crippen LogP contribution in [0.25, 0.3) is 22.4 Å². The summed E-state index contributed by atoms with van der Waals surface area (Å²) in [5.74, 6) is -1.65. The van der Waals surface area contributed by atoms with Crippen molar-refractivity contribution < 1.29 is 31.6 Å². The number of amides is 1. The molecule has 0 aliphatic carbocycles. The summed E-state index contributed by atoms with van der Waals surface area (Å²) in [4.78, 5) is 27.5. The van der Waals surface area contributed by atoms with Gasteiger partial charge < -0.3 is 14.9 Å². The molecule has 0 aliphatic rings. The Morgan fingerprint density at radius 3 is 2.50 bits per heavy atom. The number of benzene rings is 1. The number of nitrogens with zero attached hydrogens (tertiary/aromatic N) is 1. The van der Waals surface area contributed by atoms with Crippen LogP contribution in [0.3, 0.4) is 0 Å². The van der Waals surface area contributed by atoms with Crippen molar-refractivity contribution in [3.63, 3.8) is 0 Å². The third-order valence-electron chi connectivity index (χ3n) is 3.42.